The second-order valence-electron chi connectivity index (χ2n) is 8.30. The maximum absolute atomic E-state index is 14.8. The molecule has 0 spiro atoms. The second-order valence-corrected chi connectivity index (χ2v) is 8.30. The quantitative estimate of drug-likeness (QED) is 0.351. The zero-order valence-corrected chi connectivity index (χ0v) is 19.0. The van der Waals surface area contributed by atoms with Gasteiger partial charge in [-0.2, -0.15) is 0 Å². The molecular formula is C24H29FN6O3. The summed E-state index contributed by atoms with van der Waals surface area (Å²) in [5.74, 6) is -0.803. The molecule has 34 heavy (non-hydrogen) atoms. The first-order valence-electron chi connectivity index (χ1n) is 11.3. The number of halogens is 1. The molecule has 0 aliphatic heterocycles. The minimum absolute atomic E-state index is 0.0302. The Kier molecular flexibility index (Phi) is 7.39. The number of carbonyl (C=O) groups is 1. The van der Waals surface area contributed by atoms with Gasteiger partial charge in [0.2, 0.25) is 5.88 Å². The van der Waals surface area contributed by atoms with Crippen LogP contribution in [0.4, 0.5) is 21.7 Å². The number of aromatic nitrogens is 2. The molecule has 2 atom stereocenters. The van der Waals surface area contributed by atoms with Crippen LogP contribution in [0.3, 0.4) is 0 Å². The first-order valence-corrected chi connectivity index (χ1v) is 11.3. The number of carbonyl (C=O) groups excluding carboxylic acids is 1. The number of anilines is 3. The van der Waals surface area contributed by atoms with E-state index in [0.717, 1.165) is 37.1 Å². The second kappa shape index (κ2) is 10.6. The Hall–Kier alpha value is -3.50. The highest BCUT2D eigenvalue weighted by Crippen LogP contribution is 2.28. The zero-order valence-electron chi connectivity index (χ0n) is 19.0. The first kappa shape index (κ1) is 23.7. The summed E-state index contributed by atoms with van der Waals surface area (Å²) in [6.45, 7) is 0.838. The van der Waals surface area contributed by atoms with E-state index in [1.165, 1.54) is 0 Å². The van der Waals surface area contributed by atoms with Crippen molar-refractivity contribution >= 4 is 34.1 Å². The van der Waals surface area contributed by atoms with E-state index >= 15 is 0 Å². The maximum Gasteiger partial charge on any atom is 0.252 e. The highest BCUT2D eigenvalue weighted by atomic mass is 19.1. The van der Waals surface area contributed by atoms with E-state index in [1.807, 2.05) is 18.2 Å². The minimum Gasteiger partial charge on any atom is -0.475 e. The van der Waals surface area contributed by atoms with Gasteiger partial charge in [-0.05, 0) is 37.1 Å². The fourth-order valence-corrected chi connectivity index (χ4v) is 4.01. The van der Waals surface area contributed by atoms with Crippen LogP contribution in [0, 0.1) is 5.82 Å². The van der Waals surface area contributed by atoms with Gasteiger partial charge < -0.3 is 31.6 Å². The average Bonchev–Trinajstić information content (AvgIpc) is 2.82. The molecule has 2 aromatic heterocycles. The molecule has 0 bridgehead atoms. The van der Waals surface area contributed by atoms with E-state index in [1.54, 1.807) is 19.2 Å². The van der Waals surface area contributed by atoms with Crippen molar-refractivity contribution in [2.24, 2.45) is 11.5 Å². The van der Waals surface area contributed by atoms with Crippen LogP contribution in [-0.4, -0.2) is 48.3 Å². The lowest BCUT2D eigenvalue weighted by Gasteiger charge is -2.30. The summed E-state index contributed by atoms with van der Waals surface area (Å²) in [6.07, 6.45) is 3.76. The fraction of sp³-hybridized carbons (Fsp3) is 0.375. The maximum atomic E-state index is 14.8. The van der Waals surface area contributed by atoms with Crippen molar-refractivity contribution in [1.29, 1.82) is 0 Å². The van der Waals surface area contributed by atoms with Crippen molar-refractivity contribution in [2.75, 3.05) is 31.0 Å². The van der Waals surface area contributed by atoms with E-state index in [-0.39, 0.29) is 29.3 Å². The summed E-state index contributed by atoms with van der Waals surface area (Å²) in [5, 5.41) is 7.10. The molecule has 4 rings (SSSR count). The number of benzene rings is 1. The Morgan fingerprint density at radius 1 is 1.12 bits per heavy atom. The number of nitrogens with zero attached hydrogens (tertiary/aromatic N) is 2. The molecule has 1 aliphatic carbocycles. The Labute approximate surface area is 197 Å². The molecule has 0 radical (unpaired) electrons. The third kappa shape index (κ3) is 5.52. The molecule has 1 aromatic carbocycles. The number of nitrogens with two attached hydrogens (primary N) is 2. The minimum atomic E-state index is -0.789. The van der Waals surface area contributed by atoms with Crippen molar-refractivity contribution in [1.82, 2.24) is 9.97 Å². The number of rotatable bonds is 9. The molecule has 6 N–H and O–H groups in total. The molecule has 1 fully saturated rings. The molecule has 0 unspecified atom stereocenters. The summed E-state index contributed by atoms with van der Waals surface area (Å²) in [5.41, 5.74) is 12.9. The monoisotopic (exact) mass is 468 g/mol. The molecule has 0 saturated heterocycles. The first-order chi connectivity index (χ1) is 16.4. The number of fused-ring (bicyclic) bond motifs is 1. The lowest BCUT2D eigenvalue weighted by molar-refractivity contribution is 0.100. The molecule has 9 nitrogen and oxygen atoms in total. The van der Waals surface area contributed by atoms with Crippen LogP contribution in [0.15, 0.2) is 36.4 Å². The van der Waals surface area contributed by atoms with Gasteiger partial charge in [-0.15, -0.1) is 0 Å². The summed E-state index contributed by atoms with van der Waals surface area (Å²) in [7, 11) is 1.60. The summed E-state index contributed by atoms with van der Waals surface area (Å²) in [4.78, 5) is 20.9. The smallest absolute Gasteiger partial charge is 0.252 e. The standard InChI is InChI=1S/C24H29FN6O3/c1-33-10-11-34-21-9-7-14-6-8-15(12-20(14)29-21)28-23-16(22(27)32)13-17(25)24(31-23)30-19-5-3-2-4-18(19)26/h6-9,12-13,18-19H,2-5,10-11,26H2,1H3,(H2,27,32)(H2,28,30,31)/t18-,19+/m0/s1. The predicted molar refractivity (Wildman–Crippen MR) is 129 cm³/mol. The van der Waals surface area contributed by atoms with Gasteiger partial charge in [0.1, 0.15) is 12.4 Å². The van der Waals surface area contributed by atoms with Crippen molar-refractivity contribution < 1.29 is 18.7 Å². The lowest BCUT2D eigenvalue weighted by atomic mass is 9.91. The van der Waals surface area contributed by atoms with Crippen molar-refractivity contribution in [2.45, 2.75) is 37.8 Å². The number of methoxy groups -OCH3 is 1. The van der Waals surface area contributed by atoms with Crippen LogP contribution in [0.5, 0.6) is 5.88 Å². The number of hydrogen-bond donors (Lipinski definition) is 4. The highest BCUT2D eigenvalue weighted by Gasteiger charge is 2.24. The molecule has 1 amide bonds. The number of pyridine rings is 2. The van der Waals surface area contributed by atoms with Gasteiger partial charge in [0.25, 0.3) is 5.91 Å². The van der Waals surface area contributed by atoms with Crippen LogP contribution in [-0.2, 0) is 4.74 Å². The SMILES string of the molecule is COCCOc1ccc2ccc(Nc3nc(N[C@@H]4CCCC[C@@H]4N)c(F)cc3C(N)=O)cc2n1. The molecule has 1 saturated carbocycles. The lowest BCUT2D eigenvalue weighted by Crippen LogP contribution is -2.43. The number of nitrogens with one attached hydrogen (secondary N) is 2. The van der Waals surface area contributed by atoms with E-state index in [0.29, 0.717) is 30.3 Å². The van der Waals surface area contributed by atoms with Crippen LogP contribution in [0.2, 0.25) is 0 Å². The van der Waals surface area contributed by atoms with Gasteiger partial charge in [-0.1, -0.05) is 18.9 Å². The normalized spacial score (nSPS) is 18.0. The van der Waals surface area contributed by atoms with Gasteiger partial charge in [-0.3, -0.25) is 4.79 Å². The van der Waals surface area contributed by atoms with Crippen LogP contribution >= 0.6 is 0 Å². The number of amides is 1. The van der Waals surface area contributed by atoms with Gasteiger partial charge in [-0.25, -0.2) is 14.4 Å². The van der Waals surface area contributed by atoms with E-state index in [4.69, 9.17) is 20.9 Å². The number of primary amides is 1. The van der Waals surface area contributed by atoms with E-state index < -0.39 is 11.7 Å². The molecular weight excluding hydrogens is 439 g/mol. The van der Waals surface area contributed by atoms with E-state index in [2.05, 4.69) is 20.6 Å². The van der Waals surface area contributed by atoms with Crippen molar-refractivity contribution in [3.63, 3.8) is 0 Å². The third-order valence-corrected chi connectivity index (χ3v) is 5.85. The van der Waals surface area contributed by atoms with Crippen molar-refractivity contribution in [3.05, 3.63) is 47.8 Å². The molecule has 1 aliphatic rings. The summed E-state index contributed by atoms with van der Waals surface area (Å²) < 4.78 is 25.3. The Balaban J connectivity index is 1.61. The Bertz CT molecular complexity index is 1170. The fourth-order valence-electron chi connectivity index (χ4n) is 4.01. The molecule has 180 valence electrons. The predicted octanol–water partition coefficient (Wildman–Crippen LogP) is 3.32. The summed E-state index contributed by atoms with van der Waals surface area (Å²) in [6, 6.07) is 10.1. The Morgan fingerprint density at radius 2 is 1.91 bits per heavy atom. The molecule has 2 heterocycles. The third-order valence-electron chi connectivity index (χ3n) is 5.85. The number of ether oxygens (including phenoxy) is 2. The molecule has 3 aromatic rings. The average molecular weight is 469 g/mol. The summed E-state index contributed by atoms with van der Waals surface area (Å²) >= 11 is 0. The van der Waals surface area contributed by atoms with Gasteiger partial charge in [0.05, 0.1) is 17.7 Å². The zero-order chi connectivity index (χ0) is 24.1. The Morgan fingerprint density at radius 3 is 2.68 bits per heavy atom. The molecule has 10 heteroatoms. The van der Waals surface area contributed by atoms with Crippen LogP contribution in [0.1, 0.15) is 36.0 Å². The van der Waals surface area contributed by atoms with Gasteiger partial charge in [0.15, 0.2) is 11.6 Å². The largest absolute Gasteiger partial charge is 0.475 e. The van der Waals surface area contributed by atoms with Crippen LogP contribution in [0.25, 0.3) is 10.9 Å². The van der Waals surface area contributed by atoms with E-state index in [9.17, 15) is 9.18 Å². The van der Waals surface area contributed by atoms with Gasteiger partial charge >= 0.3 is 0 Å². The van der Waals surface area contributed by atoms with Gasteiger partial charge in [0, 0.05) is 36.3 Å². The highest BCUT2D eigenvalue weighted by molar-refractivity contribution is 5.99. The topological polar surface area (TPSA) is 137 Å². The van der Waals surface area contributed by atoms with Crippen molar-refractivity contribution in [3.8, 4) is 5.88 Å². The number of hydrogen-bond acceptors (Lipinski definition) is 8. The van der Waals surface area contributed by atoms with Crippen LogP contribution < -0.4 is 26.8 Å².